The van der Waals surface area contributed by atoms with Crippen molar-refractivity contribution < 1.29 is 0 Å². The van der Waals surface area contributed by atoms with Crippen molar-refractivity contribution in [2.24, 2.45) is 5.11 Å². The van der Waals surface area contributed by atoms with E-state index >= 15 is 0 Å². The quantitative estimate of drug-likeness (QED) is 0.446. The van der Waals surface area contributed by atoms with E-state index < -0.39 is 0 Å². The Balaban J connectivity index is 2.86. The summed E-state index contributed by atoms with van der Waals surface area (Å²) in [4.78, 5) is 2.67. The SMILES string of the molecule is CCn1ncc(CN=[N+]=[N-])c1Br. The van der Waals surface area contributed by atoms with Gasteiger partial charge in [0, 0.05) is 17.0 Å². The number of aryl methyl sites for hydroxylation is 1. The number of hydrogen-bond acceptors (Lipinski definition) is 2. The van der Waals surface area contributed by atoms with Crippen LogP contribution in [-0.4, -0.2) is 9.78 Å². The predicted octanol–water partition coefficient (Wildman–Crippen LogP) is 2.48. The van der Waals surface area contributed by atoms with Crippen LogP contribution in [0.5, 0.6) is 0 Å². The molecule has 1 rings (SSSR count). The molecule has 0 aliphatic heterocycles. The zero-order valence-electron chi connectivity index (χ0n) is 6.61. The zero-order valence-corrected chi connectivity index (χ0v) is 8.19. The normalized spacial score (nSPS) is 9.50. The van der Waals surface area contributed by atoms with Gasteiger partial charge in [0.2, 0.25) is 0 Å². The fourth-order valence-electron chi connectivity index (χ4n) is 0.843. The maximum atomic E-state index is 8.10. The second-order valence-corrected chi connectivity index (χ2v) is 2.92. The van der Waals surface area contributed by atoms with Gasteiger partial charge in [0.25, 0.3) is 0 Å². The Hall–Kier alpha value is -1.00. The van der Waals surface area contributed by atoms with Crippen molar-refractivity contribution in [2.75, 3.05) is 0 Å². The van der Waals surface area contributed by atoms with Crippen molar-refractivity contribution in [1.29, 1.82) is 0 Å². The molecular weight excluding hydrogens is 222 g/mol. The van der Waals surface area contributed by atoms with Gasteiger partial charge in [0.05, 0.1) is 12.7 Å². The first-order valence-electron chi connectivity index (χ1n) is 3.50. The summed E-state index contributed by atoms with van der Waals surface area (Å²) in [5.74, 6) is 0. The monoisotopic (exact) mass is 229 g/mol. The van der Waals surface area contributed by atoms with Crippen LogP contribution < -0.4 is 0 Å². The summed E-state index contributed by atoms with van der Waals surface area (Å²) < 4.78 is 2.68. The fourth-order valence-corrected chi connectivity index (χ4v) is 1.41. The molecule has 5 nitrogen and oxygen atoms in total. The summed E-state index contributed by atoms with van der Waals surface area (Å²) in [6.07, 6.45) is 1.70. The fraction of sp³-hybridized carbons (Fsp3) is 0.500. The first-order chi connectivity index (χ1) is 5.79. The van der Waals surface area contributed by atoms with Crippen LogP contribution in [0.25, 0.3) is 10.4 Å². The zero-order chi connectivity index (χ0) is 8.97. The minimum absolute atomic E-state index is 0.344. The molecule has 0 saturated heterocycles. The minimum Gasteiger partial charge on any atom is -0.258 e. The van der Waals surface area contributed by atoms with E-state index in [-0.39, 0.29) is 0 Å². The van der Waals surface area contributed by atoms with Gasteiger partial charge in [0.15, 0.2) is 0 Å². The molecule has 0 aliphatic carbocycles. The van der Waals surface area contributed by atoms with Gasteiger partial charge in [-0.15, -0.1) is 0 Å². The molecule has 0 radical (unpaired) electrons. The number of halogens is 1. The van der Waals surface area contributed by atoms with Crippen molar-refractivity contribution in [3.05, 3.63) is 26.8 Å². The molecule has 0 aliphatic rings. The summed E-state index contributed by atoms with van der Waals surface area (Å²) in [6, 6.07) is 0. The second-order valence-electron chi connectivity index (χ2n) is 2.17. The van der Waals surface area contributed by atoms with Crippen molar-refractivity contribution in [3.63, 3.8) is 0 Å². The molecule has 0 amide bonds. The van der Waals surface area contributed by atoms with Gasteiger partial charge in [-0.2, -0.15) is 5.10 Å². The average molecular weight is 230 g/mol. The van der Waals surface area contributed by atoms with Crippen LogP contribution in [0, 0.1) is 0 Å². The Morgan fingerprint density at radius 3 is 3.08 bits per heavy atom. The largest absolute Gasteiger partial charge is 0.258 e. The topological polar surface area (TPSA) is 66.6 Å². The van der Waals surface area contributed by atoms with Gasteiger partial charge < -0.3 is 0 Å². The summed E-state index contributed by atoms with van der Waals surface area (Å²) in [5.41, 5.74) is 9.01. The Morgan fingerprint density at radius 1 is 1.83 bits per heavy atom. The Kier molecular flexibility index (Phi) is 3.13. The summed E-state index contributed by atoms with van der Waals surface area (Å²) >= 11 is 3.36. The third-order valence-electron chi connectivity index (χ3n) is 1.45. The van der Waals surface area contributed by atoms with Crippen LogP contribution >= 0.6 is 15.9 Å². The molecule has 0 spiro atoms. The molecule has 0 atom stereocenters. The summed E-state index contributed by atoms with van der Waals surface area (Å²) in [5, 5.41) is 7.52. The van der Waals surface area contributed by atoms with Gasteiger partial charge in [-0.05, 0) is 28.4 Å². The second kappa shape index (κ2) is 4.13. The molecule has 1 aromatic rings. The molecule has 0 N–H and O–H groups in total. The number of hydrogen-bond donors (Lipinski definition) is 0. The van der Waals surface area contributed by atoms with Crippen LogP contribution in [0.2, 0.25) is 0 Å². The van der Waals surface area contributed by atoms with E-state index in [0.29, 0.717) is 6.54 Å². The lowest BCUT2D eigenvalue weighted by molar-refractivity contribution is 0.644. The van der Waals surface area contributed by atoms with E-state index in [0.717, 1.165) is 16.7 Å². The van der Waals surface area contributed by atoms with E-state index in [1.54, 1.807) is 10.9 Å². The van der Waals surface area contributed by atoms with Gasteiger partial charge in [-0.3, -0.25) is 4.68 Å². The molecule has 0 unspecified atom stereocenters. The van der Waals surface area contributed by atoms with Crippen LogP contribution in [0.4, 0.5) is 0 Å². The number of rotatable bonds is 3. The van der Waals surface area contributed by atoms with E-state index in [1.165, 1.54) is 0 Å². The molecule has 1 aromatic heterocycles. The Labute approximate surface area is 78.1 Å². The highest BCUT2D eigenvalue weighted by Crippen LogP contribution is 2.16. The summed E-state index contributed by atoms with van der Waals surface area (Å²) in [6.45, 7) is 3.14. The van der Waals surface area contributed by atoms with Gasteiger partial charge in [-0.1, -0.05) is 5.11 Å². The van der Waals surface area contributed by atoms with Crippen molar-refractivity contribution in [3.8, 4) is 0 Å². The molecule has 0 aromatic carbocycles. The van der Waals surface area contributed by atoms with E-state index in [4.69, 9.17) is 5.53 Å². The first kappa shape index (κ1) is 9.09. The third kappa shape index (κ3) is 1.78. The molecule has 6 heteroatoms. The maximum Gasteiger partial charge on any atom is 0.107 e. The summed E-state index contributed by atoms with van der Waals surface area (Å²) in [7, 11) is 0. The van der Waals surface area contributed by atoms with Crippen LogP contribution in [0.15, 0.2) is 15.9 Å². The number of nitrogens with zero attached hydrogens (tertiary/aromatic N) is 5. The van der Waals surface area contributed by atoms with Crippen LogP contribution in [0.1, 0.15) is 12.5 Å². The van der Waals surface area contributed by atoms with Gasteiger partial charge >= 0.3 is 0 Å². The van der Waals surface area contributed by atoms with Crippen LogP contribution in [-0.2, 0) is 13.1 Å². The molecule has 1 heterocycles. The molecule has 0 saturated carbocycles. The number of azide groups is 1. The van der Waals surface area contributed by atoms with Gasteiger partial charge in [0.1, 0.15) is 4.60 Å². The highest BCUT2D eigenvalue weighted by molar-refractivity contribution is 9.10. The third-order valence-corrected chi connectivity index (χ3v) is 2.37. The lowest BCUT2D eigenvalue weighted by atomic mass is 10.4. The molecule has 64 valence electrons. The van der Waals surface area contributed by atoms with Crippen LogP contribution in [0.3, 0.4) is 0 Å². The standard InChI is InChI=1S/C6H8BrN5/c1-2-12-6(7)5(4-10-12)3-9-11-8/h4H,2-3H2,1H3. The Morgan fingerprint density at radius 2 is 2.58 bits per heavy atom. The van der Waals surface area contributed by atoms with Gasteiger partial charge in [-0.25, -0.2) is 0 Å². The molecule has 0 fully saturated rings. The molecular formula is C6H8BrN5. The number of aromatic nitrogens is 2. The highest BCUT2D eigenvalue weighted by atomic mass is 79.9. The van der Waals surface area contributed by atoms with Crippen molar-refractivity contribution in [2.45, 2.75) is 20.0 Å². The highest BCUT2D eigenvalue weighted by Gasteiger charge is 2.04. The van der Waals surface area contributed by atoms with E-state index in [2.05, 4.69) is 31.1 Å². The molecule has 0 bridgehead atoms. The minimum atomic E-state index is 0.344. The average Bonchev–Trinajstić information content (AvgIpc) is 2.43. The van der Waals surface area contributed by atoms with E-state index in [9.17, 15) is 0 Å². The lowest BCUT2D eigenvalue weighted by Crippen LogP contribution is -1.95. The van der Waals surface area contributed by atoms with Crippen molar-refractivity contribution in [1.82, 2.24) is 9.78 Å². The van der Waals surface area contributed by atoms with E-state index in [1.807, 2.05) is 6.92 Å². The first-order valence-corrected chi connectivity index (χ1v) is 4.30. The predicted molar refractivity (Wildman–Crippen MR) is 48.5 cm³/mol. The Bertz CT molecular complexity index is 312. The van der Waals surface area contributed by atoms with Crippen molar-refractivity contribution >= 4 is 15.9 Å². The smallest absolute Gasteiger partial charge is 0.107 e. The lowest BCUT2D eigenvalue weighted by Gasteiger charge is -1.96. The molecule has 12 heavy (non-hydrogen) atoms. The maximum absolute atomic E-state index is 8.10.